The van der Waals surface area contributed by atoms with Crippen LogP contribution in [0.15, 0.2) is 12.3 Å². The molecule has 0 atom stereocenters. The highest BCUT2D eigenvalue weighted by Gasteiger charge is 2.18. The van der Waals surface area contributed by atoms with Crippen molar-refractivity contribution < 1.29 is 13.9 Å². The Labute approximate surface area is 47.8 Å². The van der Waals surface area contributed by atoms with Gasteiger partial charge in [0.1, 0.15) is 6.26 Å². The van der Waals surface area contributed by atoms with Gasteiger partial charge in [0, 0.05) is 6.08 Å². The van der Waals surface area contributed by atoms with E-state index in [1.54, 1.807) is 0 Å². The maximum absolute atomic E-state index is 11.4. The molecule has 0 unspecified atom stereocenters. The molecule has 0 amide bonds. The summed E-state index contributed by atoms with van der Waals surface area (Å²) in [5.41, 5.74) is 0. The predicted octanol–water partition coefficient (Wildman–Crippen LogP) is 1.92. The van der Waals surface area contributed by atoms with E-state index in [1.807, 2.05) is 15.9 Å². The first kappa shape index (κ1) is 6.88. The minimum absolute atomic E-state index is 0.0365. The first-order chi connectivity index (χ1) is 3.06. The molecule has 0 aromatic carbocycles. The van der Waals surface area contributed by atoms with Crippen molar-refractivity contribution in [1.29, 1.82) is 0 Å². The lowest BCUT2D eigenvalue weighted by molar-refractivity contribution is 0.166. The second-order valence-corrected chi connectivity index (χ2v) is 1.90. The van der Waals surface area contributed by atoms with E-state index in [4.69, 9.17) is 0 Å². The third kappa shape index (κ3) is 5.88. The number of halogens is 3. The summed E-state index contributed by atoms with van der Waals surface area (Å²) in [5, 5.41) is 9.25. The van der Waals surface area contributed by atoms with E-state index in [2.05, 4.69) is 0 Å². The van der Waals surface area contributed by atoms with Crippen molar-refractivity contribution in [2.45, 2.75) is 4.83 Å². The summed E-state index contributed by atoms with van der Waals surface area (Å²) < 4.78 is 22.7. The van der Waals surface area contributed by atoms with E-state index in [-0.39, 0.29) is 12.3 Å². The fourth-order valence-electron chi connectivity index (χ4n) is 0.0772. The Morgan fingerprint density at radius 2 is 2.00 bits per heavy atom. The van der Waals surface area contributed by atoms with Gasteiger partial charge in [0.25, 0.3) is 0 Å². The van der Waals surface area contributed by atoms with E-state index in [9.17, 15) is 13.9 Å². The van der Waals surface area contributed by atoms with Crippen molar-refractivity contribution in [2.24, 2.45) is 0 Å². The topological polar surface area (TPSA) is 19.9 Å². The molecule has 0 spiro atoms. The Morgan fingerprint density at radius 3 is 2.00 bits per heavy atom. The summed E-state index contributed by atoms with van der Waals surface area (Å²) in [4.78, 5) is -3.13. The molecular formula is C3H2BrF2O. The summed E-state index contributed by atoms with van der Waals surface area (Å²) in [7, 11) is 0. The zero-order valence-corrected chi connectivity index (χ0v) is 4.78. The van der Waals surface area contributed by atoms with Crippen LogP contribution in [0.25, 0.3) is 0 Å². The Bertz CT molecular complexity index is 75.5. The van der Waals surface area contributed by atoms with Gasteiger partial charge >= 0.3 is 4.83 Å². The van der Waals surface area contributed by atoms with Crippen LogP contribution in [0.1, 0.15) is 0 Å². The van der Waals surface area contributed by atoms with Gasteiger partial charge < -0.3 is 0 Å². The molecule has 0 N–H and O–H groups in total. The highest BCUT2D eigenvalue weighted by Crippen LogP contribution is 2.22. The number of rotatable bonds is 1. The monoisotopic (exact) mass is 171 g/mol. The molecule has 0 aromatic rings. The van der Waals surface area contributed by atoms with Gasteiger partial charge in [-0.05, 0) is 15.9 Å². The lowest BCUT2D eigenvalue weighted by Crippen LogP contribution is -1.96. The molecule has 0 aliphatic rings. The average Bonchev–Trinajstić information content (AvgIpc) is 1.30. The molecule has 0 aliphatic heterocycles. The molecule has 1 radical (unpaired) electrons. The van der Waals surface area contributed by atoms with Crippen molar-refractivity contribution >= 4 is 15.9 Å². The van der Waals surface area contributed by atoms with Crippen LogP contribution in [0.4, 0.5) is 8.78 Å². The number of allylic oxidation sites excluding steroid dienone is 1. The Balaban J connectivity index is 3.56. The van der Waals surface area contributed by atoms with Gasteiger partial charge in [0.2, 0.25) is 0 Å². The SMILES string of the molecule is [O]C=CC(F)(F)Br. The second-order valence-electron chi connectivity index (χ2n) is 0.844. The molecule has 1 nitrogen and oxygen atoms in total. The number of alkyl halides is 3. The summed E-state index contributed by atoms with van der Waals surface area (Å²) in [6, 6.07) is 0. The van der Waals surface area contributed by atoms with Crippen LogP contribution in [0, 0.1) is 0 Å². The highest BCUT2D eigenvalue weighted by molar-refractivity contribution is 9.10. The molecular weight excluding hydrogens is 170 g/mol. The van der Waals surface area contributed by atoms with Crippen molar-refractivity contribution in [2.75, 3.05) is 0 Å². The molecule has 0 aromatic heterocycles. The summed E-state index contributed by atoms with van der Waals surface area (Å²) in [5.74, 6) is 0. The maximum Gasteiger partial charge on any atom is 0.323 e. The lowest BCUT2D eigenvalue weighted by atomic mass is 10.7. The minimum Gasteiger partial charge on any atom is -0.299 e. The fraction of sp³-hybridized carbons (Fsp3) is 0.333. The third-order valence-electron chi connectivity index (χ3n) is 0.257. The zero-order chi connectivity index (χ0) is 5.91. The third-order valence-corrected chi connectivity index (χ3v) is 0.521. The molecule has 41 valence electrons. The average molecular weight is 172 g/mol. The molecule has 0 saturated heterocycles. The summed E-state index contributed by atoms with van der Waals surface area (Å²) in [6.45, 7) is 0. The molecule has 4 heteroatoms. The lowest BCUT2D eigenvalue weighted by Gasteiger charge is -1.94. The molecule has 0 fully saturated rings. The van der Waals surface area contributed by atoms with Crippen molar-refractivity contribution in [3.63, 3.8) is 0 Å². The second kappa shape index (κ2) is 2.26. The standard InChI is InChI=1S/C3H2BrF2O/c4-3(5,6)1-2-7/h1-2H. The quantitative estimate of drug-likeness (QED) is 0.425. The van der Waals surface area contributed by atoms with Crippen LogP contribution < -0.4 is 0 Å². The van der Waals surface area contributed by atoms with Crippen molar-refractivity contribution in [3.05, 3.63) is 12.3 Å². The van der Waals surface area contributed by atoms with Gasteiger partial charge in [0.15, 0.2) is 0 Å². The fourth-order valence-corrected chi connectivity index (χ4v) is 0.185. The van der Waals surface area contributed by atoms with E-state index in [0.29, 0.717) is 0 Å². The smallest absolute Gasteiger partial charge is 0.299 e. The Kier molecular flexibility index (Phi) is 2.22. The van der Waals surface area contributed by atoms with Crippen LogP contribution in [0.2, 0.25) is 0 Å². The summed E-state index contributed by atoms with van der Waals surface area (Å²) >= 11 is 1.92. The van der Waals surface area contributed by atoms with Gasteiger partial charge in [-0.1, -0.05) is 0 Å². The van der Waals surface area contributed by atoms with Crippen molar-refractivity contribution in [1.82, 2.24) is 0 Å². The van der Waals surface area contributed by atoms with E-state index in [1.165, 1.54) is 0 Å². The van der Waals surface area contributed by atoms with Crippen LogP contribution in [-0.4, -0.2) is 4.83 Å². The normalized spacial score (nSPS) is 13.0. The molecule has 0 rings (SSSR count). The number of hydrogen-bond donors (Lipinski definition) is 0. The van der Waals surface area contributed by atoms with Crippen LogP contribution in [0.5, 0.6) is 0 Å². The van der Waals surface area contributed by atoms with Gasteiger partial charge in [-0.3, -0.25) is 5.11 Å². The van der Waals surface area contributed by atoms with Gasteiger partial charge in [-0.2, -0.15) is 8.78 Å². The van der Waals surface area contributed by atoms with Gasteiger partial charge in [0.05, 0.1) is 0 Å². The first-order valence-electron chi connectivity index (χ1n) is 1.42. The Hall–Kier alpha value is -0.120. The zero-order valence-electron chi connectivity index (χ0n) is 3.20. The number of hydrogen-bond acceptors (Lipinski definition) is 0. The predicted molar refractivity (Wildman–Crippen MR) is 23.7 cm³/mol. The Morgan fingerprint density at radius 1 is 1.57 bits per heavy atom. The van der Waals surface area contributed by atoms with Crippen LogP contribution in [0.3, 0.4) is 0 Å². The largest absolute Gasteiger partial charge is 0.323 e. The molecule has 7 heavy (non-hydrogen) atoms. The van der Waals surface area contributed by atoms with Gasteiger partial charge in [-0.15, -0.1) is 0 Å². The highest BCUT2D eigenvalue weighted by atomic mass is 79.9. The molecule has 0 bridgehead atoms. The van der Waals surface area contributed by atoms with Crippen LogP contribution in [-0.2, 0) is 5.11 Å². The molecule has 0 aliphatic carbocycles. The van der Waals surface area contributed by atoms with Crippen LogP contribution >= 0.6 is 15.9 Å². The maximum atomic E-state index is 11.4. The minimum atomic E-state index is -3.13. The van der Waals surface area contributed by atoms with E-state index < -0.39 is 4.83 Å². The summed E-state index contributed by atoms with van der Waals surface area (Å²) in [6.07, 6.45) is 0.252. The van der Waals surface area contributed by atoms with Gasteiger partial charge in [-0.25, -0.2) is 0 Å². The van der Waals surface area contributed by atoms with E-state index in [0.717, 1.165) is 0 Å². The first-order valence-corrected chi connectivity index (χ1v) is 2.22. The molecule has 0 heterocycles. The van der Waals surface area contributed by atoms with Crippen molar-refractivity contribution in [3.8, 4) is 0 Å². The van der Waals surface area contributed by atoms with E-state index >= 15 is 0 Å². The molecule has 0 saturated carbocycles.